The van der Waals surface area contributed by atoms with Crippen LogP contribution in [0.2, 0.25) is 0 Å². The molecule has 0 aliphatic rings. The zero-order valence-corrected chi connectivity index (χ0v) is 10.2. The van der Waals surface area contributed by atoms with Gasteiger partial charge < -0.3 is 4.42 Å². The Morgan fingerprint density at radius 2 is 1.72 bits per heavy atom. The number of rotatable bonds is 1. The number of benzene rings is 2. The van der Waals surface area contributed by atoms with Gasteiger partial charge in [0.2, 0.25) is 5.89 Å². The Morgan fingerprint density at radius 3 is 2.44 bits per heavy atom. The van der Waals surface area contributed by atoms with Crippen LogP contribution in [0.5, 0.6) is 0 Å². The summed E-state index contributed by atoms with van der Waals surface area (Å²) in [6.45, 7) is 4.05. The zero-order valence-electron chi connectivity index (χ0n) is 10.2. The van der Waals surface area contributed by atoms with Crippen molar-refractivity contribution in [3.8, 4) is 11.5 Å². The molecule has 2 aromatic carbocycles. The van der Waals surface area contributed by atoms with E-state index in [1.165, 1.54) is 17.7 Å². The van der Waals surface area contributed by atoms with E-state index in [1.54, 1.807) is 12.1 Å². The van der Waals surface area contributed by atoms with Crippen LogP contribution in [0.4, 0.5) is 4.39 Å². The maximum absolute atomic E-state index is 12.9. The molecule has 3 aromatic rings. The van der Waals surface area contributed by atoms with Gasteiger partial charge in [-0.05, 0) is 55.3 Å². The van der Waals surface area contributed by atoms with Gasteiger partial charge in [0.1, 0.15) is 11.3 Å². The van der Waals surface area contributed by atoms with Crippen LogP contribution in [-0.4, -0.2) is 4.98 Å². The predicted octanol–water partition coefficient (Wildman–Crippen LogP) is 4.25. The Hall–Kier alpha value is -2.16. The minimum absolute atomic E-state index is 0.262. The Labute approximate surface area is 104 Å². The van der Waals surface area contributed by atoms with Gasteiger partial charge in [-0.3, -0.25) is 0 Å². The third kappa shape index (κ3) is 1.68. The summed E-state index contributed by atoms with van der Waals surface area (Å²) >= 11 is 0. The van der Waals surface area contributed by atoms with Crippen LogP contribution in [0.3, 0.4) is 0 Å². The van der Waals surface area contributed by atoms with Crippen molar-refractivity contribution in [1.82, 2.24) is 4.98 Å². The number of halogens is 1. The molecule has 0 spiro atoms. The Kier molecular flexibility index (Phi) is 2.40. The molecule has 0 bridgehead atoms. The maximum Gasteiger partial charge on any atom is 0.227 e. The monoisotopic (exact) mass is 241 g/mol. The lowest BCUT2D eigenvalue weighted by Crippen LogP contribution is -1.79. The van der Waals surface area contributed by atoms with Crippen molar-refractivity contribution in [2.75, 3.05) is 0 Å². The van der Waals surface area contributed by atoms with E-state index in [9.17, 15) is 4.39 Å². The summed E-state index contributed by atoms with van der Waals surface area (Å²) < 4.78 is 18.6. The first-order chi connectivity index (χ1) is 8.65. The molecule has 18 heavy (non-hydrogen) atoms. The number of hydrogen-bond acceptors (Lipinski definition) is 2. The van der Waals surface area contributed by atoms with Gasteiger partial charge in [-0.25, -0.2) is 9.37 Å². The van der Waals surface area contributed by atoms with E-state index in [4.69, 9.17) is 4.42 Å². The molecule has 3 heteroatoms. The molecular formula is C15H12FNO. The molecule has 1 aromatic heterocycles. The van der Waals surface area contributed by atoms with Crippen molar-refractivity contribution in [3.05, 3.63) is 53.3 Å². The number of aryl methyl sites for hydroxylation is 2. The van der Waals surface area contributed by atoms with Crippen molar-refractivity contribution < 1.29 is 8.81 Å². The SMILES string of the molecule is Cc1ccc2nc(-c3ccc(F)cc3)oc2c1C. The second-order valence-electron chi connectivity index (χ2n) is 4.38. The van der Waals surface area contributed by atoms with Crippen LogP contribution >= 0.6 is 0 Å². The van der Waals surface area contributed by atoms with Gasteiger partial charge in [-0.1, -0.05) is 6.07 Å². The highest BCUT2D eigenvalue weighted by Crippen LogP contribution is 2.27. The van der Waals surface area contributed by atoms with Crippen LogP contribution in [-0.2, 0) is 0 Å². The van der Waals surface area contributed by atoms with Gasteiger partial charge in [0, 0.05) is 5.56 Å². The molecule has 0 saturated carbocycles. The van der Waals surface area contributed by atoms with Crippen LogP contribution in [0.1, 0.15) is 11.1 Å². The standard InChI is InChI=1S/C15H12FNO/c1-9-3-8-13-14(10(9)2)18-15(17-13)11-4-6-12(16)7-5-11/h3-8H,1-2H3. The van der Waals surface area contributed by atoms with Gasteiger partial charge in [0.05, 0.1) is 0 Å². The van der Waals surface area contributed by atoms with Gasteiger partial charge in [0.25, 0.3) is 0 Å². The minimum Gasteiger partial charge on any atom is -0.436 e. The van der Waals surface area contributed by atoms with Gasteiger partial charge in [-0.15, -0.1) is 0 Å². The molecule has 90 valence electrons. The highest BCUT2D eigenvalue weighted by atomic mass is 19.1. The van der Waals surface area contributed by atoms with E-state index < -0.39 is 0 Å². The van der Waals surface area contributed by atoms with Crippen molar-refractivity contribution in [3.63, 3.8) is 0 Å². The lowest BCUT2D eigenvalue weighted by molar-refractivity contribution is 0.614. The largest absolute Gasteiger partial charge is 0.436 e. The second kappa shape index (κ2) is 3.95. The number of oxazole rings is 1. The minimum atomic E-state index is -0.262. The molecule has 0 N–H and O–H groups in total. The Bertz CT molecular complexity index is 713. The molecule has 0 unspecified atom stereocenters. The molecule has 0 aliphatic heterocycles. The highest BCUT2D eigenvalue weighted by Gasteiger charge is 2.11. The third-order valence-corrected chi connectivity index (χ3v) is 3.17. The first-order valence-electron chi connectivity index (χ1n) is 5.78. The van der Waals surface area contributed by atoms with E-state index >= 15 is 0 Å². The quantitative estimate of drug-likeness (QED) is 0.636. The Balaban J connectivity index is 2.19. The first-order valence-corrected chi connectivity index (χ1v) is 5.78. The highest BCUT2D eigenvalue weighted by molar-refractivity contribution is 5.80. The molecular weight excluding hydrogens is 229 g/mol. The molecule has 0 saturated heterocycles. The van der Waals surface area contributed by atoms with Crippen LogP contribution in [0, 0.1) is 19.7 Å². The topological polar surface area (TPSA) is 26.0 Å². The van der Waals surface area contributed by atoms with Crippen molar-refractivity contribution in [1.29, 1.82) is 0 Å². The molecule has 1 heterocycles. The van der Waals surface area contributed by atoms with Crippen LogP contribution in [0.15, 0.2) is 40.8 Å². The molecule has 2 nitrogen and oxygen atoms in total. The number of nitrogens with zero attached hydrogens (tertiary/aromatic N) is 1. The summed E-state index contributed by atoms with van der Waals surface area (Å²) in [5.74, 6) is 0.264. The Morgan fingerprint density at radius 1 is 1.00 bits per heavy atom. The molecule has 0 fully saturated rings. The second-order valence-corrected chi connectivity index (χ2v) is 4.38. The zero-order chi connectivity index (χ0) is 12.7. The lowest BCUT2D eigenvalue weighted by Gasteiger charge is -1.97. The van der Waals surface area contributed by atoms with E-state index in [2.05, 4.69) is 4.98 Å². The predicted molar refractivity (Wildman–Crippen MR) is 68.9 cm³/mol. The van der Waals surface area contributed by atoms with Crippen molar-refractivity contribution in [2.45, 2.75) is 13.8 Å². The van der Waals surface area contributed by atoms with Gasteiger partial charge in [-0.2, -0.15) is 0 Å². The van der Waals surface area contributed by atoms with E-state index in [1.807, 2.05) is 26.0 Å². The van der Waals surface area contributed by atoms with E-state index in [0.717, 1.165) is 22.2 Å². The van der Waals surface area contributed by atoms with Gasteiger partial charge >= 0.3 is 0 Å². The fraction of sp³-hybridized carbons (Fsp3) is 0.133. The number of fused-ring (bicyclic) bond motifs is 1. The molecule has 0 amide bonds. The summed E-state index contributed by atoms with van der Waals surface area (Å²) in [6.07, 6.45) is 0. The summed E-state index contributed by atoms with van der Waals surface area (Å²) in [4.78, 5) is 4.43. The molecule has 3 rings (SSSR count). The smallest absolute Gasteiger partial charge is 0.227 e. The number of hydrogen-bond donors (Lipinski definition) is 0. The molecule has 0 aliphatic carbocycles. The van der Waals surface area contributed by atoms with Crippen molar-refractivity contribution in [2.24, 2.45) is 0 Å². The molecule has 0 radical (unpaired) electrons. The van der Waals surface area contributed by atoms with Crippen LogP contribution < -0.4 is 0 Å². The summed E-state index contributed by atoms with van der Waals surface area (Å²) in [5, 5.41) is 0. The first kappa shape index (κ1) is 11.0. The van der Waals surface area contributed by atoms with Crippen LogP contribution in [0.25, 0.3) is 22.6 Å². The third-order valence-electron chi connectivity index (χ3n) is 3.17. The fourth-order valence-electron chi connectivity index (χ4n) is 1.94. The fourth-order valence-corrected chi connectivity index (χ4v) is 1.94. The van der Waals surface area contributed by atoms with E-state index in [-0.39, 0.29) is 5.82 Å². The average molecular weight is 241 g/mol. The van der Waals surface area contributed by atoms with Crippen molar-refractivity contribution >= 4 is 11.1 Å². The molecule has 0 atom stereocenters. The average Bonchev–Trinajstić information content (AvgIpc) is 2.80. The van der Waals surface area contributed by atoms with Gasteiger partial charge in [0.15, 0.2) is 5.58 Å². The summed E-state index contributed by atoms with van der Waals surface area (Å²) in [5.41, 5.74) is 4.68. The lowest BCUT2D eigenvalue weighted by atomic mass is 10.1. The summed E-state index contributed by atoms with van der Waals surface area (Å²) in [6, 6.07) is 10.1. The van der Waals surface area contributed by atoms with E-state index in [0.29, 0.717) is 5.89 Å². The summed E-state index contributed by atoms with van der Waals surface area (Å²) in [7, 11) is 0. The number of aromatic nitrogens is 1. The normalized spacial score (nSPS) is 11.1. The maximum atomic E-state index is 12.9.